The molecule has 1 N–H and O–H groups in total. The highest BCUT2D eigenvalue weighted by molar-refractivity contribution is 6.34. The molecule has 6 heteroatoms. The molecule has 0 unspecified atom stereocenters. The van der Waals surface area contributed by atoms with Gasteiger partial charge in [0, 0.05) is 0 Å². The van der Waals surface area contributed by atoms with E-state index in [0.717, 1.165) is 6.07 Å². The molecule has 1 saturated heterocycles. The van der Waals surface area contributed by atoms with E-state index in [4.69, 9.17) is 11.6 Å². The molecule has 2 rings (SSSR count). The number of benzene rings is 1. The summed E-state index contributed by atoms with van der Waals surface area (Å²) in [5, 5.41) is 2.69. The molecule has 96 valence electrons. The monoisotopic (exact) mass is 270 g/mol. The molecule has 18 heavy (non-hydrogen) atoms. The number of hydrogen-bond donors (Lipinski definition) is 1. The van der Waals surface area contributed by atoms with Gasteiger partial charge in [0.05, 0.1) is 10.7 Å². The van der Waals surface area contributed by atoms with Gasteiger partial charge in [0.1, 0.15) is 17.9 Å². The van der Waals surface area contributed by atoms with E-state index in [1.807, 2.05) is 0 Å². The lowest BCUT2D eigenvalue weighted by atomic mass is 10.00. The molecule has 1 aliphatic rings. The fraction of sp³-hybridized carbons (Fsp3) is 0.333. The van der Waals surface area contributed by atoms with Crippen molar-refractivity contribution in [1.82, 2.24) is 5.32 Å². The third-order valence-corrected chi connectivity index (χ3v) is 3.04. The maximum Gasteiger partial charge on any atom is 0.252 e. The predicted molar refractivity (Wildman–Crippen MR) is 66.0 cm³/mol. The molecular formula is C12H12ClFN2O2. The van der Waals surface area contributed by atoms with E-state index in [0.29, 0.717) is 5.69 Å². The van der Waals surface area contributed by atoms with Crippen molar-refractivity contribution in [2.24, 2.45) is 0 Å². The number of nitrogens with one attached hydrogen (secondary N) is 1. The highest BCUT2D eigenvalue weighted by atomic mass is 35.5. The van der Waals surface area contributed by atoms with Crippen molar-refractivity contribution >= 4 is 29.1 Å². The molecule has 0 radical (unpaired) electrons. The van der Waals surface area contributed by atoms with Gasteiger partial charge in [0.2, 0.25) is 5.91 Å². The molecule has 1 fully saturated rings. The predicted octanol–water partition coefficient (Wildman–Crippen LogP) is 1.72. The maximum atomic E-state index is 13.0. The molecule has 1 aromatic carbocycles. The van der Waals surface area contributed by atoms with Crippen molar-refractivity contribution < 1.29 is 14.0 Å². The van der Waals surface area contributed by atoms with Gasteiger partial charge in [0.25, 0.3) is 5.91 Å². The topological polar surface area (TPSA) is 49.4 Å². The number of rotatable bonds is 1. The van der Waals surface area contributed by atoms with Crippen LogP contribution in [-0.2, 0) is 9.59 Å². The Morgan fingerprint density at radius 3 is 2.67 bits per heavy atom. The number of carbonyl (C=O) groups excluding carboxylic acids is 2. The standard InChI is InChI=1S/C12H12ClFN2O2/c1-12(2)11(18)16(6-10(17)15-12)9-4-3-7(14)5-8(9)13/h3-5H,6H2,1-2H3,(H,15,17). The quantitative estimate of drug-likeness (QED) is 0.845. The van der Waals surface area contributed by atoms with Crippen molar-refractivity contribution in [2.45, 2.75) is 19.4 Å². The van der Waals surface area contributed by atoms with E-state index in [2.05, 4.69) is 5.32 Å². The van der Waals surface area contributed by atoms with Gasteiger partial charge >= 0.3 is 0 Å². The molecule has 0 bridgehead atoms. The van der Waals surface area contributed by atoms with Crippen LogP contribution in [0.1, 0.15) is 13.8 Å². The normalized spacial score (nSPS) is 18.8. The Balaban J connectivity index is 2.43. The summed E-state index contributed by atoms with van der Waals surface area (Å²) in [5.74, 6) is -1.05. The van der Waals surface area contributed by atoms with Gasteiger partial charge in [-0.15, -0.1) is 0 Å². The Hall–Kier alpha value is -1.62. The van der Waals surface area contributed by atoms with Crippen LogP contribution in [0.3, 0.4) is 0 Å². The van der Waals surface area contributed by atoms with Gasteiger partial charge in [-0.1, -0.05) is 11.6 Å². The van der Waals surface area contributed by atoms with Crippen molar-refractivity contribution in [3.05, 3.63) is 29.0 Å². The van der Waals surface area contributed by atoms with E-state index in [9.17, 15) is 14.0 Å². The highest BCUT2D eigenvalue weighted by Crippen LogP contribution is 2.29. The first-order valence-corrected chi connectivity index (χ1v) is 5.77. The zero-order chi connectivity index (χ0) is 13.5. The Bertz CT molecular complexity index is 531. The number of nitrogens with zero attached hydrogens (tertiary/aromatic N) is 1. The van der Waals surface area contributed by atoms with Gasteiger partial charge in [-0.2, -0.15) is 0 Å². The number of amides is 2. The highest BCUT2D eigenvalue weighted by Gasteiger charge is 2.40. The second-order valence-corrected chi connectivity index (χ2v) is 5.07. The zero-order valence-corrected chi connectivity index (χ0v) is 10.7. The van der Waals surface area contributed by atoms with Crippen molar-refractivity contribution in [3.8, 4) is 0 Å². The lowest BCUT2D eigenvalue weighted by Crippen LogP contribution is -2.64. The maximum absolute atomic E-state index is 13.0. The molecule has 1 heterocycles. The van der Waals surface area contributed by atoms with E-state index in [1.165, 1.54) is 17.0 Å². The van der Waals surface area contributed by atoms with Gasteiger partial charge in [-0.3, -0.25) is 14.5 Å². The lowest BCUT2D eigenvalue weighted by molar-refractivity contribution is -0.134. The summed E-state index contributed by atoms with van der Waals surface area (Å²) < 4.78 is 13.0. The number of hydrogen-bond acceptors (Lipinski definition) is 2. The third kappa shape index (κ3) is 2.18. The first-order chi connectivity index (χ1) is 8.31. The van der Waals surface area contributed by atoms with Gasteiger partial charge < -0.3 is 5.32 Å². The van der Waals surface area contributed by atoms with Crippen LogP contribution in [0, 0.1) is 5.82 Å². The summed E-state index contributed by atoms with van der Waals surface area (Å²) in [6, 6.07) is 3.71. The minimum absolute atomic E-state index is 0.105. The molecule has 0 spiro atoms. The van der Waals surface area contributed by atoms with Crippen LogP contribution >= 0.6 is 11.6 Å². The van der Waals surface area contributed by atoms with Gasteiger partial charge in [-0.05, 0) is 32.0 Å². The Morgan fingerprint density at radius 2 is 2.06 bits per heavy atom. The molecule has 4 nitrogen and oxygen atoms in total. The van der Waals surface area contributed by atoms with Crippen molar-refractivity contribution in [1.29, 1.82) is 0 Å². The molecule has 0 aliphatic carbocycles. The SMILES string of the molecule is CC1(C)NC(=O)CN(c2ccc(F)cc2Cl)C1=O. The zero-order valence-electron chi connectivity index (χ0n) is 9.96. The molecule has 0 atom stereocenters. The molecule has 1 aromatic rings. The molecule has 1 aliphatic heterocycles. The fourth-order valence-corrected chi connectivity index (χ4v) is 2.16. The largest absolute Gasteiger partial charge is 0.341 e. The first-order valence-electron chi connectivity index (χ1n) is 5.39. The van der Waals surface area contributed by atoms with Crippen LogP contribution in [0.4, 0.5) is 10.1 Å². The van der Waals surface area contributed by atoms with Crippen LogP contribution < -0.4 is 10.2 Å². The second-order valence-electron chi connectivity index (χ2n) is 4.66. The smallest absolute Gasteiger partial charge is 0.252 e. The van der Waals surface area contributed by atoms with Crippen LogP contribution in [0.25, 0.3) is 0 Å². The first kappa shape index (κ1) is 12.8. The molecule has 0 aromatic heterocycles. The Morgan fingerprint density at radius 1 is 1.39 bits per heavy atom. The minimum atomic E-state index is -0.993. The van der Waals surface area contributed by atoms with Crippen LogP contribution in [0.5, 0.6) is 0 Å². The third-order valence-electron chi connectivity index (χ3n) is 2.73. The van der Waals surface area contributed by atoms with Crippen LogP contribution in [0.2, 0.25) is 5.02 Å². The Kier molecular flexibility index (Phi) is 3.02. The second kappa shape index (κ2) is 4.24. The van der Waals surface area contributed by atoms with Gasteiger partial charge in [-0.25, -0.2) is 4.39 Å². The summed E-state index contributed by atoms with van der Waals surface area (Å²) in [5.41, 5.74) is -0.654. The average Bonchev–Trinajstić information content (AvgIpc) is 2.23. The minimum Gasteiger partial charge on any atom is -0.341 e. The van der Waals surface area contributed by atoms with Crippen LogP contribution in [-0.4, -0.2) is 23.9 Å². The number of carbonyl (C=O) groups is 2. The van der Waals surface area contributed by atoms with Crippen LogP contribution in [0.15, 0.2) is 18.2 Å². The average molecular weight is 271 g/mol. The summed E-state index contributed by atoms with van der Waals surface area (Å²) >= 11 is 5.90. The van der Waals surface area contributed by atoms with E-state index in [-0.39, 0.29) is 23.4 Å². The summed E-state index contributed by atoms with van der Waals surface area (Å²) in [4.78, 5) is 25.0. The summed E-state index contributed by atoms with van der Waals surface area (Å²) in [6.07, 6.45) is 0. The summed E-state index contributed by atoms with van der Waals surface area (Å²) in [6.45, 7) is 3.10. The van der Waals surface area contributed by atoms with E-state index < -0.39 is 11.4 Å². The van der Waals surface area contributed by atoms with E-state index in [1.54, 1.807) is 13.8 Å². The molecule has 0 saturated carbocycles. The number of halogens is 2. The number of piperazine rings is 1. The number of anilines is 1. The van der Waals surface area contributed by atoms with Gasteiger partial charge in [0.15, 0.2) is 0 Å². The molecule has 2 amide bonds. The Labute approximate surface area is 109 Å². The fourth-order valence-electron chi connectivity index (χ4n) is 1.89. The van der Waals surface area contributed by atoms with Crippen molar-refractivity contribution in [2.75, 3.05) is 11.4 Å². The molecular weight excluding hydrogens is 259 g/mol. The van der Waals surface area contributed by atoms with E-state index >= 15 is 0 Å². The van der Waals surface area contributed by atoms with Crippen molar-refractivity contribution in [3.63, 3.8) is 0 Å². The summed E-state index contributed by atoms with van der Waals surface area (Å²) in [7, 11) is 0. The lowest BCUT2D eigenvalue weighted by Gasteiger charge is -2.37.